The molecule has 1 unspecified atom stereocenters. The zero-order valence-corrected chi connectivity index (χ0v) is 13.3. The molecule has 1 atom stereocenters. The molecule has 0 aliphatic rings. The quantitative estimate of drug-likeness (QED) is 0.726. The van der Waals surface area contributed by atoms with Crippen LogP contribution in [-0.4, -0.2) is 0 Å². The molecular weight excluding hydrogens is 349 g/mol. The van der Waals surface area contributed by atoms with Crippen molar-refractivity contribution in [2.24, 2.45) is 5.73 Å². The van der Waals surface area contributed by atoms with Gasteiger partial charge in [0.1, 0.15) is 11.5 Å². The van der Waals surface area contributed by atoms with Gasteiger partial charge in [0.05, 0.1) is 10.0 Å². The summed E-state index contributed by atoms with van der Waals surface area (Å²) in [6.45, 7) is 1.92. The lowest BCUT2D eigenvalue weighted by Crippen LogP contribution is -2.04. The van der Waals surface area contributed by atoms with Crippen LogP contribution in [0.4, 0.5) is 0 Å². The first kappa shape index (κ1) is 14.7. The maximum absolute atomic E-state index is 6.12. The van der Waals surface area contributed by atoms with Crippen LogP contribution in [0.5, 0.6) is 11.5 Å². The topological polar surface area (TPSA) is 35.2 Å². The first-order valence-electron chi connectivity index (χ1n) is 5.65. The van der Waals surface area contributed by atoms with Crippen molar-refractivity contribution < 1.29 is 4.74 Å². The van der Waals surface area contributed by atoms with Crippen molar-refractivity contribution in [3.8, 4) is 11.5 Å². The minimum atomic E-state index is -0.0486. The number of ether oxygens (including phenoxy) is 1. The highest BCUT2D eigenvalue weighted by atomic mass is 79.9. The van der Waals surface area contributed by atoms with Crippen molar-refractivity contribution >= 4 is 39.1 Å². The van der Waals surface area contributed by atoms with Crippen molar-refractivity contribution in [1.82, 2.24) is 0 Å². The second-order valence-electron chi connectivity index (χ2n) is 4.16. The van der Waals surface area contributed by atoms with Gasteiger partial charge >= 0.3 is 0 Å². The largest absolute Gasteiger partial charge is 0.456 e. The molecule has 2 nitrogen and oxygen atoms in total. The van der Waals surface area contributed by atoms with Crippen molar-refractivity contribution in [1.29, 1.82) is 0 Å². The van der Waals surface area contributed by atoms with Crippen molar-refractivity contribution in [3.63, 3.8) is 0 Å². The Kier molecular flexibility index (Phi) is 4.74. The molecule has 0 radical (unpaired) electrons. The van der Waals surface area contributed by atoms with E-state index in [9.17, 15) is 0 Å². The second kappa shape index (κ2) is 6.14. The Labute approximate surface area is 130 Å². The normalized spacial score (nSPS) is 12.3. The van der Waals surface area contributed by atoms with E-state index < -0.39 is 0 Å². The molecule has 19 heavy (non-hydrogen) atoms. The summed E-state index contributed by atoms with van der Waals surface area (Å²) in [5, 5.41) is 1.03. The SMILES string of the molecule is CC(N)c1cccc(Oc2cc(Cl)c(Br)cc2Cl)c1. The molecule has 2 rings (SSSR count). The fraction of sp³-hybridized carbons (Fsp3) is 0.143. The number of hydrogen-bond donors (Lipinski definition) is 1. The van der Waals surface area contributed by atoms with Gasteiger partial charge in [0.15, 0.2) is 0 Å². The second-order valence-corrected chi connectivity index (χ2v) is 5.83. The van der Waals surface area contributed by atoms with Gasteiger partial charge < -0.3 is 10.5 Å². The van der Waals surface area contributed by atoms with E-state index in [1.807, 2.05) is 31.2 Å². The Balaban J connectivity index is 2.31. The third-order valence-corrected chi connectivity index (χ3v) is 4.08. The zero-order valence-electron chi connectivity index (χ0n) is 10.2. The monoisotopic (exact) mass is 359 g/mol. The van der Waals surface area contributed by atoms with E-state index in [0.29, 0.717) is 21.5 Å². The van der Waals surface area contributed by atoms with E-state index in [-0.39, 0.29) is 6.04 Å². The Morgan fingerprint density at radius 2 is 1.89 bits per heavy atom. The Morgan fingerprint density at radius 3 is 2.58 bits per heavy atom. The summed E-state index contributed by atoms with van der Waals surface area (Å²) in [6, 6.07) is 10.9. The fourth-order valence-electron chi connectivity index (χ4n) is 1.57. The maximum Gasteiger partial charge on any atom is 0.147 e. The minimum absolute atomic E-state index is 0.0486. The van der Waals surface area contributed by atoms with E-state index >= 15 is 0 Å². The van der Waals surface area contributed by atoms with Gasteiger partial charge in [-0.05, 0) is 46.6 Å². The number of hydrogen-bond acceptors (Lipinski definition) is 2. The van der Waals surface area contributed by atoms with Crippen LogP contribution in [0.15, 0.2) is 40.9 Å². The van der Waals surface area contributed by atoms with Crippen LogP contribution in [0, 0.1) is 0 Å². The maximum atomic E-state index is 6.12. The van der Waals surface area contributed by atoms with Crippen LogP contribution in [0.25, 0.3) is 0 Å². The number of halogens is 3. The van der Waals surface area contributed by atoms with Gasteiger partial charge in [0.25, 0.3) is 0 Å². The molecule has 5 heteroatoms. The highest BCUT2D eigenvalue weighted by Crippen LogP contribution is 2.36. The molecule has 0 fully saturated rings. The van der Waals surface area contributed by atoms with E-state index in [1.54, 1.807) is 12.1 Å². The van der Waals surface area contributed by atoms with Gasteiger partial charge in [0, 0.05) is 16.6 Å². The molecule has 0 heterocycles. The third kappa shape index (κ3) is 3.63. The van der Waals surface area contributed by atoms with Gasteiger partial charge in [-0.1, -0.05) is 35.3 Å². The van der Waals surface area contributed by atoms with E-state index in [4.69, 9.17) is 33.7 Å². The molecular formula is C14H12BrCl2NO. The molecule has 2 aromatic rings. The minimum Gasteiger partial charge on any atom is -0.456 e. The molecule has 0 spiro atoms. The molecule has 0 amide bonds. The van der Waals surface area contributed by atoms with Crippen LogP contribution in [0.2, 0.25) is 10.0 Å². The zero-order chi connectivity index (χ0) is 14.0. The molecule has 2 N–H and O–H groups in total. The molecule has 0 bridgehead atoms. The predicted molar refractivity (Wildman–Crippen MR) is 83.3 cm³/mol. The lowest BCUT2D eigenvalue weighted by Gasteiger charge is -2.11. The first-order chi connectivity index (χ1) is 8.97. The van der Waals surface area contributed by atoms with E-state index in [1.165, 1.54) is 0 Å². The summed E-state index contributed by atoms with van der Waals surface area (Å²) in [7, 11) is 0. The van der Waals surface area contributed by atoms with Gasteiger partial charge in [-0.3, -0.25) is 0 Å². The Hall–Kier alpha value is -0.740. The lowest BCUT2D eigenvalue weighted by molar-refractivity contribution is 0.481. The summed E-state index contributed by atoms with van der Waals surface area (Å²) in [4.78, 5) is 0. The van der Waals surface area contributed by atoms with Crippen molar-refractivity contribution in [3.05, 3.63) is 56.5 Å². The molecule has 0 saturated carbocycles. The van der Waals surface area contributed by atoms with Gasteiger partial charge in [-0.15, -0.1) is 0 Å². The Morgan fingerprint density at radius 1 is 1.16 bits per heavy atom. The summed E-state index contributed by atoms with van der Waals surface area (Å²) in [5.74, 6) is 1.19. The average Bonchev–Trinajstić information content (AvgIpc) is 2.36. The number of rotatable bonds is 3. The standard InChI is InChI=1S/C14H12BrCl2NO/c1-8(18)9-3-2-4-10(5-9)19-14-7-12(16)11(15)6-13(14)17/h2-8H,18H2,1H3. The summed E-state index contributed by atoms with van der Waals surface area (Å²) >= 11 is 15.5. The summed E-state index contributed by atoms with van der Waals surface area (Å²) in [5.41, 5.74) is 6.84. The first-order valence-corrected chi connectivity index (χ1v) is 7.20. The third-order valence-electron chi connectivity index (χ3n) is 2.59. The van der Waals surface area contributed by atoms with Crippen LogP contribution in [0.1, 0.15) is 18.5 Å². The van der Waals surface area contributed by atoms with Crippen LogP contribution in [-0.2, 0) is 0 Å². The highest BCUT2D eigenvalue weighted by molar-refractivity contribution is 9.10. The molecule has 0 aromatic heterocycles. The Bertz CT molecular complexity index is 602. The molecule has 0 aliphatic carbocycles. The van der Waals surface area contributed by atoms with Crippen LogP contribution < -0.4 is 10.5 Å². The smallest absolute Gasteiger partial charge is 0.147 e. The lowest BCUT2D eigenvalue weighted by atomic mass is 10.1. The van der Waals surface area contributed by atoms with E-state index in [2.05, 4.69) is 15.9 Å². The van der Waals surface area contributed by atoms with Crippen LogP contribution >= 0.6 is 39.1 Å². The average molecular weight is 361 g/mol. The van der Waals surface area contributed by atoms with Crippen molar-refractivity contribution in [2.45, 2.75) is 13.0 Å². The molecule has 0 aliphatic heterocycles. The van der Waals surface area contributed by atoms with Crippen molar-refractivity contribution in [2.75, 3.05) is 0 Å². The number of benzene rings is 2. The molecule has 2 aromatic carbocycles. The molecule has 100 valence electrons. The van der Waals surface area contributed by atoms with Gasteiger partial charge in [-0.2, -0.15) is 0 Å². The highest BCUT2D eigenvalue weighted by Gasteiger charge is 2.09. The van der Waals surface area contributed by atoms with Gasteiger partial charge in [0.2, 0.25) is 0 Å². The van der Waals surface area contributed by atoms with Gasteiger partial charge in [-0.25, -0.2) is 0 Å². The summed E-state index contributed by atoms with van der Waals surface area (Å²) < 4.78 is 6.48. The molecule has 0 saturated heterocycles. The fourth-order valence-corrected chi connectivity index (χ4v) is 2.40. The van der Waals surface area contributed by atoms with Crippen LogP contribution in [0.3, 0.4) is 0 Å². The van der Waals surface area contributed by atoms with E-state index in [0.717, 1.165) is 10.0 Å². The predicted octanol–water partition coefficient (Wildman–Crippen LogP) is 5.57. The number of nitrogens with two attached hydrogens (primary N) is 1. The summed E-state index contributed by atoms with van der Waals surface area (Å²) in [6.07, 6.45) is 0.